The fourth-order valence-electron chi connectivity index (χ4n) is 1.99. The number of aromatic nitrogens is 1. The summed E-state index contributed by atoms with van der Waals surface area (Å²) < 4.78 is 0. The number of piperidine rings is 1. The van der Waals surface area contributed by atoms with E-state index in [0.717, 1.165) is 30.9 Å². The van der Waals surface area contributed by atoms with Crippen molar-refractivity contribution in [2.45, 2.75) is 19.8 Å². The van der Waals surface area contributed by atoms with Gasteiger partial charge in [0.1, 0.15) is 5.69 Å². The van der Waals surface area contributed by atoms with Gasteiger partial charge in [0.25, 0.3) is 5.91 Å². The first-order chi connectivity index (χ1) is 8.08. The summed E-state index contributed by atoms with van der Waals surface area (Å²) in [6, 6.07) is 0. The van der Waals surface area contributed by atoms with E-state index >= 15 is 0 Å². The van der Waals surface area contributed by atoms with E-state index in [0.29, 0.717) is 10.7 Å². The molecule has 0 atom stereocenters. The van der Waals surface area contributed by atoms with Gasteiger partial charge in [0.2, 0.25) is 0 Å². The first-order valence-corrected chi connectivity index (χ1v) is 6.87. The van der Waals surface area contributed by atoms with Crippen molar-refractivity contribution in [1.82, 2.24) is 9.88 Å². The second-order valence-corrected chi connectivity index (χ2v) is 5.75. The number of nitrogens with zero attached hydrogens (tertiary/aromatic N) is 2. The highest BCUT2D eigenvalue weighted by Gasteiger charge is 2.25. The minimum absolute atomic E-state index is 0.0238. The SMILES string of the molecule is Cc1nc(C(=O)N2CCC(C(N)=S)CC2)cs1. The molecule has 0 radical (unpaired) electrons. The van der Waals surface area contributed by atoms with Crippen LogP contribution < -0.4 is 5.73 Å². The van der Waals surface area contributed by atoms with E-state index in [9.17, 15) is 4.79 Å². The molecule has 1 amide bonds. The van der Waals surface area contributed by atoms with Crippen LogP contribution in [0.1, 0.15) is 28.3 Å². The van der Waals surface area contributed by atoms with Crippen LogP contribution in [0.3, 0.4) is 0 Å². The Morgan fingerprint density at radius 2 is 2.24 bits per heavy atom. The number of amides is 1. The van der Waals surface area contributed by atoms with Gasteiger partial charge in [0.15, 0.2) is 0 Å². The number of carbonyl (C=O) groups is 1. The van der Waals surface area contributed by atoms with Gasteiger partial charge in [-0.1, -0.05) is 12.2 Å². The summed E-state index contributed by atoms with van der Waals surface area (Å²) in [7, 11) is 0. The lowest BCUT2D eigenvalue weighted by molar-refractivity contribution is 0.0705. The maximum atomic E-state index is 12.1. The normalized spacial score (nSPS) is 17.1. The Morgan fingerprint density at radius 1 is 1.59 bits per heavy atom. The van der Waals surface area contributed by atoms with Crippen molar-refractivity contribution in [2.75, 3.05) is 13.1 Å². The molecule has 2 heterocycles. The van der Waals surface area contributed by atoms with Gasteiger partial charge in [0, 0.05) is 24.4 Å². The largest absolute Gasteiger partial charge is 0.393 e. The first kappa shape index (κ1) is 12.4. The monoisotopic (exact) mass is 269 g/mol. The summed E-state index contributed by atoms with van der Waals surface area (Å²) in [4.78, 5) is 18.7. The Labute approximate surface area is 110 Å². The van der Waals surface area contributed by atoms with Crippen LogP contribution in [0.4, 0.5) is 0 Å². The number of nitrogens with two attached hydrogens (primary N) is 1. The van der Waals surface area contributed by atoms with Crippen molar-refractivity contribution < 1.29 is 4.79 Å². The molecule has 0 aliphatic carbocycles. The van der Waals surface area contributed by atoms with Crippen LogP contribution in [0, 0.1) is 12.8 Å². The molecule has 1 aliphatic heterocycles. The average molecular weight is 269 g/mol. The molecule has 0 unspecified atom stereocenters. The molecule has 0 spiro atoms. The van der Waals surface area contributed by atoms with Crippen LogP contribution in [-0.2, 0) is 0 Å². The topological polar surface area (TPSA) is 59.2 Å². The van der Waals surface area contributed by atoms with Crippen LogP contribution in [0.15, 0.2) is 5.38 Å². The predicted octanol–water partition coefficient (Wildman–Crippen LogP) is 1.59. The lowest BCUT2D eigenvalue weighted by Gasteiger charge is -2.30. The zero-order chi connectivity index (χ0) is 12.4. The molecule has 6 heteroatoms. The van der Waals surface area contributed by atoms with E-state index in [1.54, 1.807) is 0 Å². The second-order valence-electron chi connectivity index (χ2n) is 4.22. The van der Waals surface area contributed by atoms with Crippen molar-refractivity contribution in [3.05, 3.63) is 16.1 Å². The molecular weight excluding hydrogens is 254 g/mol. The third-order valence-corrected chi connectivity index (χ3v) is 4.13. The van der Waals surface area contributed by atoms with Crippen LogP contribution >= 0.6 is 23.6 Å². The van der Waals surface area contributed by atoms with Crippen LogP contribution in [0.25, 0.3) is 0 Å². The fraction of sp³-hybridized carbons (Fsp3) is 0.545. The van der Waals surface area contributed by atoms with Gasteiger partial charge in [0.05, 0.1) is 10.00 Å². The molecule has 0 saturated carbocycles. The first-order valence-electron chi connectivity index (χ1n) is 5.58. The molecule has 1 saturated heterocycles. The van der Waals surface area contributed by atoms with Crippen molar-refractivity contribution in [1.29, 1.82) is 0 Å². The summed E-state index contributed by atoms with van der Waals surface area (Å²) in [5.41, 5.74) is 6.18. The summed E-state index contributed by atoms with van der Waals surface area (Å²) in [6.45, 7) is 3.34. The number of hydrogen-bond donors (Lipinski definition) is 1. The lowest BCUT2D eigenvalue weighted by atomic mass is 9.97. The molecule has 0 aromatic carbocycles. The summed E-state index contributed by atoms with van der Waals surface area (Å²) >= 11 is 6.48. The molecule has 1 aromatic rings. The lowest BCUT2D eigenvalue weighted by Crippen LogP contribution is -2.41. The highest BCUT2D eigenvalue weighted by Crippen LogP contribution is 2.19. The Kier molecular flexibility index (Phi) is 3.73. The van der Waals surface area contributed by atoms with E-state index in [1.807, 2.05) is 17.2 Å². The van der Waals surface area contributed by atoms with Gasteiger partial charge in [-0.2, -0.15) is 0 Å². The molecular formula is C11H15N3OS2. The Morgan fingerprint density at radius 3 is 2.71 bits per heavy atom. The van der Waals surface area contributed by atoms with E-state index < -0.39 is 0 Å². The molecule has 92 valence electrons. The van der Waals surface area contributed by atoms with Crippen molar-refractivity contribution >= 4 is 34.5 Å². The van der Waals surface area contributed by atoms with Crippen molar-refractivity contribution in [3.63, 3.8) is 0 Å². The Balaban J connectivity index is 1.97. The van der Waals surface area contributed by atoms with Gasteiger partial charge in [-0.15, -0.1) is 11.3 Å². The van der Waals surface area contributed by atoms with Crippen molar-refractivity contribution in [2.24, 2.45) is 11.7 Å². The molecule has 0 bridgehead atoms. The highest BCUT2D eigenvalue weighted by molar-refractivity contribution is 7.80. The molecule has 1 fully saturated rings. The highest BCUT2D eigenvalue weighted by atomic mass is 32.1. The van der Waals surface area contributed by atoms with Crippen LogP contribution in [-0.4, -0.2) is 33.9 Å². The fourth-order valence-corrected chi connectivity index (χ4v) is 2.81. The van der Waals surface area contributed by atoms with Crippen molar-refractivity contribution in [3.8, 4) is 0 Å². The Hall–Kier alpha value is -1.01. The Bertz CT molecular complexity index is 436. The summed E-state index contributed by atoms with van der Waals surface area (Å²) in [5, 5.41) is 2.74. The van der Waals surface area contributed by atoms with Gasteiger partial charge in [-0.3, -0.25) is 4.79 Å². The van der Waals surface area contributed by atoms with Gasteiger partial charge < -0.3 is 10.6 Å². The number of likely N-dealkylation sites (tertiary alicyclic amines) is 1. The third kappa shape index (κ3) is 2.81. The summed E-state index contributed by atoms with van der Waals surface area (Å²) in [6.07, 6.45) is 1.73. The third-order valence-electron chi connectivity index (χ3n) is 3.02. The quantitative estimate of drug-likeness (QED) is 0.828. The predicted molar refractivity (Wildman–Crippen MR) is 72.3 cm³/mol. The zero-order valence-corrected chi connectivity index (χ0v) is 11.3. The molecule has 1 aliphatic rings. The molecule has 2 N–H and O–H groups in total. The molecule has 4 nitrogen and oxygen atoms in total. The zero-order valence-electron chi connectivity index (χ0n) is 9.68. The summed E-state index contributed by atoms with van der Waals surface area (Å²) in [5.74, 6) is 0.307. The van der Waals surface area contributed by atoms with E-state index in [2.05, 4.69) is 4.98 Å². The van der Waals surface area contributed by atoms with E-state index in [4.69, 9.17) is 18.0 Å². The maximum Gasteiger partial charge on any atom is 0.273 e. The minimum Gasteiger partial charge on any atom is -0.393 e. The number of rotatable bonds is 2. The number of carbonyl (C=O) groups excluding carboxylic acids is 1. The number of thiocarbonyl (C=S) groups is 1. The van der Waals surface area contributed by atoms with Gasteiger partial charge >= 0.3 is 0 Å². The smallest absolute Gasteiger partial charge is 0.273 e. The standard InChI is InChI=1S/C11H15N3OS2/c1-7-13-9(6-17-7)11(15)14-4-2-8(3-5-14)10(12)16/h6,8H,2-5H2,1H3,(H2,12,16). The van der Waals surface area contributed by atoms with Crippen LogP contribution in [0.5, 0.6) is 0 Å². The molecule has 2 rings (SSSR count). The minimum atomic E-state index is 0.0238. The molecule has 17 heavy (non-hydrogen) atoms. The van der Waals surface area contributed by atoms with Gasteiger partial charge in [-0.05, 0) is 19.8 Å². The number of aryl methyl sites for hydroxylation is 1. The number of thiazole rings is 1. The number of hydrogen-bond acceptors (Lipinski definition) is 4. The maximum absolute atomic E-state index is 12.1. The average Bonchev–Trinajstić information content (AvgIpc) is 2.75. The van der Waals surface area contributed by atoms with E-state index in [-0.39, 0.29) is 11.8 Å². The second kappa shape index (κ2) is 5.10. The van der Waals surface area contributed by atoms with Crippen LogP contribution in [0.2, 0.25) is 0 Å². The molecule has 1 aromatic heterocycles. The van der Waals surface area contributed by atoms with E-state index in [1.165, 1.54) is 11.3 Å². The van der Waals surface area contributed by atoms with Gasteiger partial charge in [-0.25, -0.2) is 4.98 Å².